The average molecular weight is 395 g/mol. The molecule has 2 atom stereocenters. The Balaban J connectivity index is 3.10. The fourth-order valence-corrected chi connectivity index (χ4v) is 2.64. The number of sulfone groups is 1. The molecule has 16 heavy (non-hydrogen) atoms. The van der Waals surface area contributed by atoms with E-state index in [2.05, 4.69) is 0 Å². The van der Waals surface area contributed by atoms with Crippen molar-refractivity contribution < 1.29 is 13.5 Å². The van der Waals surface area contributed by atoms with Gasteiger partial charge >= 0.3 is 0 Å². The summed E-state index contributed by atoms with van der Waals surface area (Å²) in [6.45, 7) is 0. The molecule has 0 saturated heterocycles. The highest BCUT2D eigenvalue weighted by atomic mass is 127. The van der Waals surface area contributed by atoms with Crippen molar-refractivity contribution in [2.75, 3.05) is 6.26 Å². The van der Waals surface area contributed by atoms with Crippen molar-refractivity contribution in [1.82, 2.24) is 0 Å². The number of halogens is 3. The van der Waals surface area contributed by atoms with Gasteiger partial charge in [0, 0.05) is 21.9 Å². The minimum absolute atomic E-state index is 0.255. The summed E-state index contributed by atoms with van der Waals surface area (Å²) >= 11 is 13.3. The molecule has 0 aliphatic carbocycles. The van der Waals surface area contributed by atoms with E-state index in [0.717, 1.165) is 6.26 Å². The van der Waals surface area contributed by atoms with Gasteiger partial charge in [-0.2, -0.15) is 0 Å². The van der Waals surface area contributed by atoms with Crippen LogP contribution in [0.4, 0.5) is 0 Å². The first-order chi connectivity index (χ1) is 7.23. The van der Waals surface area contributed by atoms with E-state index >= 15 is 0 Å². The van der Waals surface area contributed by atoms with E-state index < -0.39 is 19.2 Å². The normalized spacial score (nSPS) is 15.8. The maximum atomic E-state index is 11.3. The van der Waals surface area contributed by atoms with Crippen LogP contribution in [0.5, 0.6) is 0 Å². The van der Waals surface area contributed by atoms with Crippen molar-refractivity contribution in [2.24, 2.45) is 0 Å². The summed E-state index contributed by atoms with van der Waals surface area (Å²) in [6, 6.07) is 4.54. The number of aliphatic hydroxyl groups is 1. The lowest BCUT2D eigenvalue weighted by Gasteiger charge is -2.17. The van der Waals surface area contributed by atoms with Gasteiger partial charge in [-0.25, -0.2) is 8.42 Å². The minimum Gasteiger partial charge on any atom is -0.386 e. The highest BCUT2D eigenvalue weighted by Crippen LogP contribution is 2.32. The lowest BCUT2D eigenvalue weighted by atomic mass is 10.1. The topological polar surface area (TPSA) is 54.4 Å². The smallest absolute Gasteiger partial charge is 0.162 e. The molecule has 0 aliphatic heterocycles. The number of benzene rings is 1. The molecular formula is C9H9Cl2IO3S. The van der Waals surface area contributed by atoms with Gasteiger partial charge in [0.25, 0.3) is 0 Å². The Hall–Kier alpha value is 0.440. The lowest BCUT2D eigenvalue weighted by molar-refractivity contribution is 0.197. The predicted octanol–water partition coefficient (Wildman–Crippen LogP) is 2.83. The predicted molar refractivity (Wildman–Crippen MR) is 74.1 cm³/mol. The maximum absolute atomic E-state index is 11.3. The van der Waals surface area contributed by atoms with Crippen LogP contribution >= 0.6 is 45.8 Å². The van der Waals surface area contributed by atoms with Gasteiger partial charge in [-0.05, 0) is 12.1 Å². The van der Waals surface area contributed by atoms with Gasteiger partial charge in [-0.3, -0.25) is 0 Å². The number of hydrogen-bond donors (Lipinski definition) is 1. The molecule has 3 nitrogen and oxygen atoms in total. The number of hydrogen-bond acceptors (Lipinski definition) is 3. The van der Waals surface area contributed by atoms with Crippen molar-refractivity contribution in [1.29, 1.82) is 0 Å². The van der Waals surface area contributed by atoms with E-state index in [0.29, 0.717) is 10.6 Å². The van der Waals surface area contributed by atoms with E-state index in [9.17, 15) is 13.5 Å². The van der Waals surface area contributed by atoms with E-state index in [1.54, 1.807) is 28.7 Å². The first kappa shape index (κ1) is 14.5. The van der Waals surface area contributed by atoms with Gasteiger partial charge in [0.15, 0.2) is 9.84 Å². The van der Waals surface area contributed by atoms with Crippen molar-refractivity contribution in [3.8, 4) is 0 Å². The Kier molecular flexibility index (Phi) is 4.88. The second kappa shape index (κ2) is 5.39. The molecule has 0 unspecified atom stereocenters. The monoisotopic (exact) mass is 394 g/mol. The Morgan fingerprint density at radius 1 is 1.38 bits per heavy atom. The zero-order valence-corrected chi connectivity index (χ0v) is 12.7. The molecule has 0 radical (unpaired) electrons. The van der Waals surface area contributed by atoms with Crippen LogP contribution in [0.3, 0.4) is 0 Å². The second-order valence-corrected chi connectivity index (χ2v) is 8.49. The Bertz CT molecular complexity index is 490. The van der Waals surface area contributed by atoms with E-state index in [-0.39, 0.29) is 5.02 Å². The average Bonchev–Trinajstić information content (AvgIpc) is 2.14. The maximum Gasteiger partial charge on any atom is 0.162 e. The summed E-state index contributed by atoms with van der Waals surface area (Å²) in [5.41, 5.74) is 0.357. The van der Waals surface area contributed by atoms with Crippen LogP contribution < -0.4 is 0 Å². The zero-order valence-electron chi connectivity index (χ0n) is 8.19. The highest BCUT2D eigenvalue weighted by molar-refractivity contribution is 14.1. The second-order valence-electron chi connectivity index (χ2n) is 3.29. The quantitative estimate of drug-likeness (QED) is 0.633. The van der Waals surface area contributed by atoms with Crippen LogP contribution in [0.15, 0.2) is 18.2 Å². The molecule has 1 aromatic rings. The molecule has 90 valence electrons. The zero-order chi connectivity index (χ0) is 12.5. The fourth-order valence-electron chi connectivity index (χ4n) is 1.12. The molecule has 0 spiro atoms. The van der Waals surface area contributed by atoms with E-state index in [4.69, 9.17) is 23.2 Å². The number of aliphatic hydroxyl groups excluding tert-OH is 1. The molecule has 0 amide bonds. The molecule has 0 heterocycles. The van der Waals surface area contributed by atoms with Crippen molar-refractivity contribution in [2.45, 2.75) is 9.36 Å². The Morgan fingerprint density at radius 2 is 1.94 bits per heavy atom. The van der Waals surface area contributed by atoms with Crippen LogP contribution in [-0.4, -0.2) is 23.0 Å². The molecule has 1 rings (SSSR count). The third-order valence-electron chi connectivity index (χ3n) is 1.94. The molecule has 0 aliphatic rings. The van der Waals surface area contributed by atoms with Crippen molar-refractivity contribution in [3.63, 3.8) is 0 Å². The molecule has 7 heteroatoms. The summed E-state index contributed by atoms with van der Waals surface area (Å²) < 4.78 is 21.6. The van der Waals surface area contributed by atoms with Crippen LogP contribution in [0.1, 0.15) is 11.7 Å². The molecule has 0 fully saturated rings. The third-order valence-corrected chi connectivity index (χ3v) is 7.03. The van der Waals surface area contributed by atoms with Crippen LogP contribution in [0, 0.1) is 0 Å². The van der Waals surface area contributed by atoms with Gasteiger partial charge in [0.05, 0.1) is 0 Å². The summed E-state index contributed by atoms with van der Waals surface area (Å²) in [5.74, 6) is 0. The van der Waals surface area contributed by atoms with Gasteiger partial charge in [0.2, 0.25) is 0 Å². The van der Waals surface area contributed by atoms with Gasteiger partial charge in [0.1, 0.15) is 9.36 Å². The molecular weight excluding hydrogens is 386 g/mol. The summed E-state index contributed by atoms with van der Waals surface area (Å²) in [4.78, 5) is 0. The first-order valence-corrected chi connectivity index (χ1v) is 8.15. The highest BCUT2D eigenvalue weighted by Gasteiger charge is 2.28. The summed E-state index contributed by atoms with van der Waals surface area (Å²) in [7, 11) is -3.33. The molecule has 0 aromatic heterocycles. The largest absolute Gasteiger partial charge is 0.386 e. The van der Waals surface area contributed by atoms with Crippen LogP contribution in [-0.2, 0) is 9.84 Å². The van der Waals surface area contributed by atoms with E-state index in [1.165, 1.54) is 12.1 Å². The standard InChI is InChI=1S/C9H9Cl2IO3S/c1-16(14,15)9(12)8(13)6-3-2-5(10)4-7(6)11/h2-4,8-9,13H,1H3/t8-,9+/m0/s1. The summed E-state index contributed by atoms with van der Waals surface area (Å²) in [5, 5.41) is 10.6. The fraction of sp³-hybridized carbons (Fsp3) is 0.333. The minimum atomic E-state index is -3.33. The number of rotatable bonds is 3. The van der Waals surface area contributed by atoms with Gasteiger partial charge in [-0.1, -0.05) is 51.9 Å². The van der Waals surface area contributed by atoms with Gasteiger partial charge < -0.3 is 5.11 Å². The number of alkyl halides is 1. The molecule has 1 N–H and O–H groups in total. The van der Waals surface area contributed by atoms with Crippen LogP contribution in [0.25, 0.3) is 0 Å². The molecule has 1 aromatic carbocycles. The SMILES string of the molecule is CS(=O)(=O)[C@@H](I)[C@@H](O)c1ccc(Cl)cc1Cl. The lowest BCUT2D eigenvalue weighted by Crippen LogP contribution is -2.21. The molecule has 0 bridgehead atoms. The summed E-state index contributed by atoms with van der Waals surface area (Å²) in [6.07, 6.45) is -0.0997. The van der Waals surface area contributed by atoms with Crippen molar-refractivity contribution >= 4 is 55.6 Å². The van der Waals surface area contributed by atoms with E-state index in [1.807, 2.05) is 0 Å². The Labute approximate surface area is 118 Å². The first-order valence-electron chi connectivity index (χ1n) is 4.19. The third kappa shape index (κ3) is 3.46. The van der Waals surface area contributed by atoms with Crippen molar-refractivity contribution in [3.05, 3.63) is 33.8 Å². The molecule has 0 saturated carbocycles. The van der Waals surface area contributed by atoms with Crippen LogP contribution in [0.2, 0.25) is 10.0 Å². The Morgan fingerprint density at radius 3 is 2.38 bits per heavy atom. The van der Waals surface area contributed by atoms with Gasteiger partial charge in [-0.15, -0.1) is 0 Å².